The molecule has 1 aromatic heterocycles. The van der Waals surface area contributed by atoms with E-state index in [1.807, 2.05) is 6.92 Å². The highest BCUT2D eigenvalue weighted by atomic mass is 35.5. The number of rotatable bonds is 0. The first kappa shape index (κ1) is 9.62. The molecule has 2 rings (SSSR count). The van der Waals surface area contributed by atoms with E-state index in [9.17, 15) is 4.39 Å². The van der Waals surface area contributed by atoms with Gasteiger partial charge in [0.2, 0.25) is 5.28 Å². The standard InChI is InChI=1S/C9H5Cl2FN2/c1-4-2-3-5(12)7-6(4)8(10)14-9(11)13-7/h2-3H,1H3. The first-order chi connectivity index (χ1) is 6.59. The average Bonchev–Trinajstić information content (AvgIpc) is 2.10. The molecule has 0 unspecified atom stereocenters. The van der Waals surface area contributed by atoms with Crippen molar-refractivity contribution in [2.75, 3.05) is 0 Å². The molecule has 72 valence electrons. The quantitative estimate of drug-likeness (QED) is 0.513. The highest BCUT2D eigenvalue weighted by molar-refractivity contribution is 6.36. The Labute approximate surface area is 89.7 Å². The monoisotopic (exact) mass is 230 g/mol. The molecule has 0 saturated carbocycles. The predicted octanol–water partition coefficient (Wildman–Crippen LogP) is 3.38. The van der Waals surface area contributed by atoms with Gasteiger partial charge >= 0.3 is 0 Å². The summed E-state index contributed by atoms with van der Waals surface area (Å²) in [6, 6.07) is 2.96. The maximum absolute atomic E-state index is 13.3. The van der Waals surface area contributed by atoms with Gasteiger partial charge in [0.1, 0.15) is 16.5 Å². The third-order valence-corrected chi connectivity index (χ3v) is 2.38. The Kier molecular flexibility index (Phi) is 2.29. The van der Waals surface area contributed by atoms with Gasteiger partial charge in [0.15, 0.2) is 0 Å². The number of nitrogens with zero attached hydrogens (tertiary/aromatic N) is 2. The zero-order valence-electron chi connectivity index (χ0n) is 7.18. The third-order valence-electron chi connectivity index (χ3n) is 1.94. The molecule has 14 heavy (non-hydrogen) atoms. The largest absolute Gasteiger partial charge is 0.224 e. The van der Waals surface area contributed by atoms with Crippen LogP contribution in [0.1, 0.15) is 5.56 Å². The minimum Gasteiger partial charge on any atom is -0.215 e. The number of halogens is 3. The van der Waals surface area contributed by atoms with E-state index in [0.29, 0.717) is 5.39 Å². The van der Waals surface area contributed by atoms with Crippen molar-refractivity contribution < 1.29 is 4.39 Å². The van der Waals surface area contributed by atoms with Crippen LogP contribution >= 0.6 is 23.2 Å². The lowest BCUT2D eigenvalue weighted by molar-refractivity contribution is 0.636. The lowest BCUT2D eigenvalue weighted by atomic mass is 10.1. The Hall–Kier alpha value is -0.930. The van der Waals surface area contributed by atoms with Gasteiger partial charge in [-0.05, 0) is 30.2 Å². The Morgan fingerprint density at radius 1 is 1.21 bits per heavy atom. The van der Waals surface area contributed by atoms with Crippen LogP contribution in [0.5, 0.6) is 0 Å². The van der Waals surface area contributed by atoms with Crippen LogP contribution in [-0.4, -0.2) is 9.97 Å². The second-order valence-electron chi connectivity index (χ2n) is 2.87. The van der Waals surface area contributed by atoms with Crippen LogP contribution in [-0.2, 0) is 0 Å². The van der Waals surface area contributed by atoms with E-state index in [4.69, 9.17) is 23.2 Å². The smallest absolute Gasteiger partial charge is 0.215 e. The fourth-order valence-electron chi connectivity index (χ4n) is 1.29. The van der Waals surface area contributed by atoms with E-state index in [0.717, 1.165) is 5.56 Å². The van der Waals surface area contributed by atoms with E-state index in [-0.39, 0.29) is 16.0 Å². The molecule has 2 aromatic rings. The van der Waals surface area contributed by atoms with Gasteiger partial charge in [-0.2, -0.15) is 0 Å². The molecular formula is C9H5Cl2FN2. The maximum Gasteiger partial charge on any atom is 0.224 e. The van der Waals surface area contributed by atoms with Crippen LogP contribution in [0, 0.1) is 12.7 Å². The molecule has 1 heterocycles. The third kappa shape index (κ3) is 1.42. The Bertz CT molecular complexity index is 514. The highest BCUT2D eigenvalue weighted by Crippen LogP contribution is 2.26. The first-order valence-corrected chi connectivity index (χ1v) is 4.63. The van der Waals surface area contributed by atoms with Crippen LogP contribution in [0.25, 0.3) is 10.9 Å². The molecule has 5 heteroatoms. The van der Waals surface area contributed by atoms with Gasteiger partial charge in [-0.3, -0.25) is 0 Å². The molecular weight excluding hydrogens is 226 g/mol. The van der Waals surface area contributed by atoms with Gasteiger partial charge in [-0.25, -0.2) is 14.4 Å². The van der Waals surface area contributed by atoms with Crippen LogP contribution < -0.4 is 0 Å². The summed E-state index contributed by atoms with van der Waals surface area (Å²) in [6.07, 6.45) is 0. The summed E-state index contributed by atoms with van der Waals surface area (Å²) in [7, 11) is 0. The Balaban J connectivity index is 3.00. The minimum absolute atomic E-state index is 0.0491. The normalized spacial score (nSPS) is 10.9. The van der Waals surface area contributed by atoms with E-state index < -0.39 is 5.82 Å². The van der Waals surface area contributed by atoms with E-state index >= 15 is 0 Å². The SMILES string of the molecule is Cc1ccc(F)c2nc(Cl)nc(Cl)c12. The fourth-order valence-corrected chi connectivity index (χ4v) is 1.82. The number of benzene rings is 1. The zero-order chi connectivity index (χ0) is 10.3. The molecule has 0 N–H and O–H groups in total. The lowest BCUT2D eigenvalue weighted by Gasteiger charge is -2.04. The molecule has 0 spiro atoms. The summed E-state index contributed by atoms with van der Waals surface area (Å²) in [6.45, 7) is 1.81. The van der Waals surface area contributed by atoms with Crippen molar-refractivity contribution in [3.8, 4) is 0 Å². The molecule has 0 amide bonds. The summed E-state index contributed by atoms with van der Waals surface area (Å²) in [5, 5.41) is 0.639. The van der Waals surface area contributed by atoms with E-state index in [2.05, 4.69) is 9.97 Å². The van der Waals surface area contributed by atoms with Crippen LogP contribution in [0.15, 0.2) is 12.1 Å². The summed E-state index contributed by atoms with van der Waals surface area (Å²) in [4.78, 5) is 7.55. The lowest BCUT2D eigenvalue weighted by Crippen LogP contribution is -1.92. The Morgan fingerprint density at radius 3 is 2.64 bits per heavy atom. The summed E-state index contributed by atoms with van der Waals surface area (Å²) in [5.74, 6) is -0.447. The van der Waals surface area contributed by atoms with Crippen molar-refractivity contribution in [3.05, 3.63) is 34.0 Å². The first-order valence-electron chi connectivity index (χ1n) is 3.87. The van der Waals surface area contributed by atoms with Gasteiger partial charge < -0.3 is 0 Å². The van der Waals surface area contributed by atoms with Gasteiger partial charge in [0.25, 0.3) is 0 Å². The van der Waals surface area contributed by atoms with Crippen molar-refractivity contribution in [2.24, 2.45) is 0 Å². The molecule has 0 saturated heterocycles. The topological polar surface area (TPSA) is 25.8 Å². The maximum atomic E-state index is 13.3. The van der Waals surface area contributed by atoms with Crippen LogP contribution in [0.3, 0.4) is 0 Å². The number of aromatic nitrogens is 2. The minimum atomic E-state index is -0.447. The molecule has 1 aromatic carbocycles. The molecule has 2 nitrogen and oxygen atoms in total. The second kappa shape index (κ2) is 3.33. The highest BCUT2D eigenvalue weighted by Gasteiger charge is 2.10. The van der Waals surface area contributed by atoms with Crippen molar-refractivity contribution >= 4 is 34.1 Å². The number of aryl methyl sites for hydroxylation is 1. The summed E-state index contributed by atoms with van der Waals surface area (Å²) in [5.41, 5.74) is 0.984. The number of hydrogen-bond acceptors (Lipinski definition) is 2. The van der Waals surface area contributed by atoms with E-state index in [1.165, 1.54) is 6.07 Å². The van der Waals surface area contributed by atoms with Crippen LogP contribution in [0.2, 0.25) is 10.4 Å². The van der Waals surface area contributed by atoms with Gasteiger partial charge in [0.05, 0.1) is 0 Å². The van der Waals surface area contributed by atoms with Crippen molar-refractivity contribution in [2.45, 2.75) is 6.92 Å². The van der Waals surface area contributed by atoms with Crippen LogP contribution in [0.4, 0.5) is 4.39 Å². The average molecular weight is 231 g/mol. The number of fused-ring (bicyclic) bond motifs is 1. The molecule has 0 aliphatic rings. The molecule has 0 radical (unpaired) electrons. The molecule has 0 bridgehead atoms. The van der Waals surface area contributed by atoms with Gasteiger partial charge in [-0.1, -0.05) is 17.7 Å². The molecule has 0 atom stereocenters. The van der Waals surface area contributed by atoms with E-state index in [1.54, 1.807) is 6.07 Å². The summed E-state index contributed by atoms with van der Waals surface area (Å²) < 4.78 is 13.3. The van der Waals surface area contributed by atoms with Crippen molar-refractivity contribution in [3.63, 3.8) is 0 Å². The number of hydrogen-bond donors (Lipinski definition) is 0. The van der Waals surface area contributed by atoms with Gasteiger partial charge in [0, 0.05) is 5.39 Å². The molecule has 0 fully saturated rings. The fraction of sp³-hybridized carbons (Fsp3) is 0.111. The summed E-state index contributed by atoms with van der Waals surface area (Å²) >= 11 is 11.4. The molecule has 0 aliphatic heterocycles. The van der Waals surface area contributed by atoms with Gasteiger partial charge in [-0.15, -0.1) is 0 Å². The van der Waals surface area contributed by atoms with Crippen molar-refractivity contribution in [1.82, 2.24) is 9.97 Å². The predicted molar refractivity (Wildman–Crippen MR) is 54.3 cm³/mol. The zero-order valence-corrected chi connectivity index (χ0v) is 8.69. The van der Waals surface area contributed by atoms with Crippen molar-refractivity contribution in [1.29, 1.82) is 0 Å². The molecule has 0 aliphatic carbocycles. The second-order valence-corrected chi connectivity index (χ2v) is 3.57. The Morgan fingerprint density at radius 2 is 1.93 bits per heavy atom.